The van der Waals surface area contributed by atoms with Crippen LogP contribution in [0, 0.1) is 13.8 Å². The Morgan fingerprint density at radius 3 is 1.89 bits per heavy atom. The predicted octanol–water partition coefficient (Wildman–Crippen LogP) is 4.14. The molecular formula is C24H24F3N3O4S. The minimum absolute atomic E-state index is 0.0781. The van der Waals surface area contributed by atoms with Crippen molar-refractivity contribution in [3.63, 3.8) is 0 Å². The Labute approximate surface area is 201 Å². The third kappa shape index (κ3) is 5.35. The van der Waals surface area contributed by atoms with Crippen LogP contribution < -0.4 is 4.74 Å². The number of aromatic nitrogens is 1. The van der Waals surface area contributed by atoms with E-state index in [9.17, 15) is 26.4 Å². The van der Waals surface area contributed by atoms with Crippen LogP contribution in [0.2, 0.25) is 0 Å². The standard InChI is InChI=1S/C24H24F3N3O4S/c1-17-3-4-18(2)30(17)20-7-5-19(6-8-20)23(31)28-13-15-29(16-14-28)35(32,33)22-11-9-21(10-12-22)34-24(25,26)27/h3-12H,13-16H2,1-2H3. The molecule has 0 saturated carbocycles. The summed E-state index contributed by atoms with van der Waals surface area (Å²) in [4.78, 5) is 14.4. The summed E-state index contributed by atoms with van der Waals surface area (Å²) in [7, 11) is -3.92. The van der Waals surface area contributed by atoms with Gasteiger partial charge in [-0.25, -0.2) is 8.42 Å². The van der Waals surface area contributed by atoms with Gasteiger partial charge in [-0.1, -0.05) is 0 Å². The van der Waals surface area contributed by atoms with Crippen LogP contribution in [0.1, 0.15) is 21.7 Å². The van der Waals surface area contributed by atoms with Crippen LogP contribution in [0.5, 0.6) is 5.75 Å². The van der Waals surface area contributed by atoms with E-state index in [1.807, 2.05) is 38.1 Å². The van der Waals surface area contributed by atoms with Crippen LogP contribution in [0.25, 0.3) is 5.69 Å². The van der Waals surface area contributed by atoms with E-state index in [0.29, 0.717) is 5.56 Å². The molecule has 0 unspecified atom stereocenters. The first-order chi connectivity index (χ1) is 16.5. The van der Waals surface area contributed by atoms with E-state index >= 15 is 0 Å². The second-order valence-corrected chi connectivity index (χ2v) is 10.2. The molecule has 7 nitrogen and oxygen atoms in total. The van der Waals surface area contributed by atoms with Crippen molar-refractivity contribution in [1.29, 1.82) is 0 Å². The molecule has 0 aliphatic carbocycles. The van der Waals surface area contributed by atoms with Gasteiger partial charge in [-0.05, 0) is 74.5 Å². The lowest BCUT2D eigenvalue weighted by Crippen LogP contribution is -2.50. The minimum Gasteiger partial charge on any atom is -0.406 e. The summed E-state index contributed by atoms with van der Waals surface area (Å²) in [5.74, 6) is -0.691. The van der Waals surface area contributed by atoms with Crippen molar-refractivity contribution in [1.82, 2.24) is 13.8 Å². The van der Waals surface area contributed by atoms with Gasteiger partial charge in [-0.15, -0.1) is 13.2 Å². The average molecular weight is 508 g/mol. The van der Waals surface area contributed by atoms with Crippen LogP contribution in [0.15, 0.2) is 65.6 Å². The van der Waals surface area contributed by atoms with Crippen LogP contribution >= 0.6 is 0 Å². The minimum atomic E-state index is -4.86. The summed E-state index contributed by atoms with van der Waals surface area (Å²) in [5.41, 5.74) is 3.62. The first kappa shape index (κ1) is 24.8. The zero-order valence-electron chi connectivity index (χ0n) is 19.1. The first-order valence-corrected chi connectivity index (χ1v) is 12.3. The molecule has 186 valence electrons. The van der Waals surface area contributed by atoms with E-state index in [2.05, 4.69) is 9.30 Å². The normalized spacial score (nSPS) is 15.3. The van der Waals surface area contributed by atoms with Gasteiger partial charge in [-0.3, -0.25) is 4.79 Å². The van der Waals surface area contributed by atoms with Gasteiger partial charge in [0.1, 0.15) is 5.75 Å². The number of aryl methyl sites for hydroxylation is 2. The third-order valence-corrected chi connectivity index (χ3v) is 7.78. The zero-order chi connectivity index (χ0) is 25.4. The van der Waals surface area contributed by atoms with E-state index in [1.54, 1.807) is 17.0 Å². The smallest absolute Gasteiger partial charge is 0.406 e. The lowest BCUT2D eigenvalue weighted by molar-refractivity contribution is -0.274. The number of piperazine rings is 1. The molecule has 3 aromatic rings. The quantitative estimate of drug-likeness (QED) is 0.521. The Bertz CT molecular complexity index is 1290. The molecule has 0 atom stereocenters. The largest absolute Gasteiger partial charge is 0.573 e. The highest BCUT2D eigenvalue weighted by molar-refractivity contribution is 7.89. The summed E-state index contributed by atoms with van der Waals surface area (Å²) in [6, 6.07) is 15.4. The van der Waals surface area contributed by atoms with Gasteiger partial charge in [0.05, 0.1) is 4.90 Å². The molecule has 1 fully saturated rings. The van der Waals surface area contributed by atoms with Gasteiger partial charge in [0.15, 0.2) is 0 Å². The Kier molecular flexibility index (Phi) is 6.65. The molecule has 0 radical (unpaired) electrons. The summed E-state index contributed by atoms with van der Waals surface area (Å²) >= 11 is 0. The highest BCUT2D eigenvalue weighted by atomic mass is 32.2. The number of ether oxygens (including phenoxy) is 1. The maximum absolute atomic E-state index is 13.0. The van der Waals surface area contributed by atoms with Gasteiger partial charge in [0.25, 0.3) is 5.91 Å². The van der Waals surface area contributed by atoms with Crippen molar-refractivity contribution in [2.24, 2.45) is 0 Å². The lowest BCUT2D eigenvalue weighted by atomic mass is 10.1. The highest BCUT2D eigenvalue weighted by Crippen LogP contribution is 2.26. The summed E-state index contributed by atoms with van der Waals surface area (Å²) < 4.78 is 69.8. The lowest BCUT2D eigenvalue weighted by Gasteiger charge is -2.34. The molecule has 1 amide bonds. The van der Waals surface area contributed by atoms with Crippen LogP contribution in [0.3, 0.4) is 0 Å². The molecule has 35 heavy (non-hydrogen) atoms. The zero-order valence-corrected chi connectivity index (χ0v) is 19.9. The Balaban J connectivity index is 1.39. The topological polar surface area (TPSA) is 71.9 Å². The first-order valence-electron chi connectivity index (χ1n) is 10.9. The number of nitrogens with zero attached hydrogens (tertiary/aromatic N) is 3. The summed E-state index contributed by atoms with van der Waals surface area (Å²) in [6.07, 6.45) is -4.86. The van der Waals surface area contributed by atoms with Crippen molar-refractivity contribution < 1.29 is 31.1 Å². The van der Waals surface area contributed by atoms with Crippen molar-refractivity contribution in [3.05, 3.63) is 77.6 Å². The number of carbonyl (C=O) groups excluding carboxylic acids is 1. The maximum Gasteiger partial charge on any atom is 0.573 e. The van der Waals surface area contributed by atoms with E-state index in [4.69, 9.17) is 0 Å². The number of rotatable bonds is 5. The van der Waals surface area contributed by atoms with Gasteiger partial charge in [0.2, 0.25) is 10.0 Å². The number of carbonyl (C=O) groups is 1. The average Bonchev–Trinajstić information content (AvgIpc) is 3.16. The summed E-state index contributed by atoms with van der Waals surface area (Å²) in [5, 5.41) is 0. The Hall–Kier alpha value is -3.31. The van der Waals surface area contributed by atoms with E-state index in [1.165, 1.54) is 4.31 Å². The number of hydrogen-bond donors (Lipinski definition) is 0. The molecule has 0 spiro atoms. The number of benzene rings is 2. The molecule has 1 aromatic heterocycles. The van der Waals surface area contributed by atoms with Crippen molar-refractivity contribution in [2.75, 3.05) is 26.2 Å². The number of alkyl halides is 3. The predicted molar refractivity (Wildman–Crippen MR) is 123 cm³/mol. The SMILES string of the molecule is Cc1ccc(C)n1-c1ccc(C(=O)N2CCN(S(=O)(=O)c3ccc(OC(F)(F)F)cc3)CC2)cc1. The van der Waals surface area contributed by atoms with Gasteiger partial charge in [0, 0.05) is 48.8 Å². The van der Waals surface area contributed by atoms with E-state index in [-0.39, 0.29) is 37.0 Å². The second kappa shape index (κ2) is 9.38. The number of hydrogen-bond acceptors (Lipinski definition) is 4. The molecule has 2 heterocycles. The second-order valence-electron chi connectivity index (χ2n) is 8.21. The maximum atomic E-state index is 13.0. The Morgan fingerprint density at radius 2 is 1.37 bits per heavy atom. The molecule has 2 aromatic carbocycles. The molecule has 1 aliphatic heterocycles. The van der Waals surface area contributed by atoms with E-state index < -0.39 is 22.1 Å². The van der Waals surface area contributed by atoms with Crippen molar-refractivity contribution in [2.45, 2.75) is 25.1 Å². The third-order valence-electron chi connectivity index (χ3n) is 5.86. The molecular weight excluding hydrogens is 483 g/mol. The fourth-order valence-electron chi connectivity index (χ4n) is 4.11. The molecule has 4 rings (SSSR count). The fourth-order valence-corrected chi connectivity index (χ4v) is 5.53. The van der Waals surface area contributed by atoms with Crippen LogP contribution in [-0.4, -0.2) is 60.6 Å². The fraction of sp³-hybridized carbons (Fsp3) is 0.292. The number of halogens is 3. The van der Waals surface area contributed by atoms with Crippen molar-refractivity contribution in [3.8, 4) is 11.4 Å². The number of amides is 1. The van der Waals surface area contributed by atoms with Crippen molar-refractivity contribution >= 4 is 15.9 Å². The van der Waals surface area contributed by atoms with Gasteiger partial charge in [-0.2, -0.15) is 4.31 Å². The van der Waals surface area contributed by atoms with Crippen LogP contribution in [0.4, 0.5) is 13.2 Å². The monoisotopic (exact) mass is 507 g/mol. The molecule has 1 aliphatic rings. The number of sulfonamides is 1. The van der Waals surface area contributed by atoms with Gasteiger partial charge >= 0.3 is 6.36 Å². The molecule has 1 saturated heterocycles. The van der Waals surface area contributed by atoms with Gasteiger partial charge < -0.3 is 14.2 Å². The Morgan fingerprint density at radius 1 is 0.829 bits per heavy atom. The van der Waals surface area contributed by atoms with Crippen LogP contribution in [-0.2, 0) is 10.0 Å². The molecule has 11 heteroatoms. The molecule has 0 bridgehead atoms. The summed E-state index contributed by atoms with van der Waals surface area (Å²) in [6.45, 7) is 4.56. The molecule has 0 N–H and O–H groups in total. The van der Waals surface area contributed by atoms with E-state index in [0.717, 1.165) is 41.3 Å². The highest BCUT2D eigenvalue weighted by Gasteiger charge is 2.33.